The highest BCUT2D eigenvalue weighted by molar-refractivity contribution is 5.97. The smallest absolute Gasteiger partial charge is 0.229 e. The Morgan fingerprint density at radius 1 is 1.27 bits per heavy atom. The molecule has 2 amide bonds. The van der Waals surface area contributed by atoms with Crippen molar-refractivity contribution in [2.45, 2.75) is 39.7 Å². The van der Waals surface area contributed by atoms with Gasteiger partial charge in [0.2, 0.25) is 17.8 Å². The van der Waals surface area contributed by atoms with Gasteiger partial charge in [0, 0.05) is 35.6 Å². The average molecular weight is 353 g/mol. The van der Waals surface area contributed by atoms with Gasteiger partial charge in [-0.1, -0.05) is 12.1 Å². The molecule has 1 fully saturated rings. The zero-order chi connectivity index (χ0) is 18.8. The molecule has 1 aliphatic heterocycles. The zero-order valence-corrected chi connectivity index (χ0v) is 15.2. The first-order valence-corrected chi connectivity index (χ1v) is 8.59. The highest BCUT2D eigenvalue weighted by atomic mass is 16.2. The van der Waals surface area contributed by atoms with Crippen LogP contribution in [0.1, 0.15) is 28.9 Å². The monoisotopic (exact) mass is 353 g/mol. The fourth-order valence-electron chi connectivity index (χ4n) is 3.31. The molecule has 3 rings (SSSR count). The van der Waals surface area contributed by atoms with Gasteiger partial charge in [-0.15, -0.1) is 0 Å². The van der Waals surface area contributed by atoms with E-state index in [0.29, 0.717) is 24.4 Å². The van der Waals surface area contributed by atoms with E-state index >= 15 is 0 Å². The quantitative estimate of drug-likeness (QED) is 0.866. The van der Waals surface area contributed by atoms with Crippen molar-refractivity contribution in [3.63, 3.8) is 0 Å². The molecule has 1 aromatic carbocycles. The Kier molecular flexibility index (Phi) is 4.88. The lowest BCUT2D eigenvalue weighted by atomic mass is 10.1. The molecule has 2 heterocycles. The molecule has 1 atom stereocenters. The number of rotatable bonds is 4. The van der Waals surface area contributed by atoms with Gasteiger partial charge >= 0.3 is 0 Å². The number of nitrogens with two attached hydrogens (primary N) is 1. The lowest BCUT2D eigenvalue weighted by Gasteiger charge is -2.18. The molecule has 0 spiro atoms. The predicted octanol–water partition coefficient (Wildman–Crippen LogP) is 1.45. The SMILES string of the molecule is Cc1cccc(N2CC(NC(=O)Cc3c(C)nc(N)nc3C)CC2=O)c1. The lowest BCUT2D eigenvalue weighted by molar-refractivity contribution is -0.121. The minimum Gasteiger partial charge on any atom is -0.368 e. The standard InChI is InChI=1S/C19H23N5O2/c1-11-5-4-6-15(7-11)24-10-14(8-18(24)26)23-17(25)9-16-12(2)21-19(20)22-13(16)3/h4-7,14H,8-10H2,1-3H3,(H,23,25)(H2,20,21,22). The number of amides is 2. The molecule has 7 nitrogen and oxygen atoms in total. The number of benzene rings is 1. The fourth-order valence-corrected chi connectivity index (χ4v) is 3.31. The second-order valence-electron chi connectivity index (χ2n) is 6.72. The van der Waals surface area contributed by atoms with Crippen LogP contribution >= 0.6 is 0 Å². The summed E-state index contributed by atoms with van der Waals surface area (Å²) < 4.78 is 0. The molecule has 7 heteroatoms. The van der Waals surface area contributed by atoms with E-state index in [4.69, 9.17) is 5.73 Å². The van der Waals surface area contributed by atoms with Crippen molar-refractivity contribution in [3.05, 3.63) is 46.8 Å². The van der Waals surface area contributed by atoms with Crippen LogP contribution in [-0.2, 0) is 16.0 Å². The molecule has 3 N–H and O–H groups in total. The summed E-state index contributed by atoms with van der Waals surface area (Å²) in [4.78, 5) is 34.7. The van der Waals surface area contributed by atoms with Crippen molar-refractivity contribution in [1.29, 1.82) is 0 Å². The van der Waals surface area contributed by atoms with Gasteiger partial charge < -0.3 is 16.0 Å². The number of anilines is 2. The van der Waals surface area contributed by atoms with Crippen molar-refractivity contribution >= 4 is 23.5 Å². The van der Waals surface area contributed by atoms with Crippen molar-refractivity contribution < 1.29 is 9.59 Å². The zero-order valence-electron chi connectivity index (χ0n) is 15.2. The second kappa shape index (κ2) is 7.11. The summed E-state index contributed by atoms with van der Waals surface area (Å²) in [5, 5.41) is 2.95. The normalized spacial score (nSPS) is 16.8. The Morgan fingerprint density at radius 3 is 2.62 bits per heavy atom. The molecule has 2 aromatic rings. The Labute approximate surface area is 152 Å². The molecule has 1 aliphatic rings. The fraction of sp³-hybridized carbons (Fsp3) is 0.368. The van der Waals surface area contributed by atoms with E-state index in [1.165, 1.54) is 0 Å². The van der Waals surface area contributed by atoms with Crippen molar-refractivity contribution in [3.8, 4) is 0 Å². The third-order valence-corrected chi connectivity index (χ3v) is 4.58. The molecule has 1 saturated heterocycles. The Balaban J connectivity index is 1.65. The van der Waals surface area contributed by atoms with Crippen molar-refractivity contribution in [2.24, 2.45) is 0 Å². The summed E-state index contributed by atoms with van der Waals surface area (Å²) in [5.74, 6) is 0.0805. The van der Waals surface area contributed by atoms with Crippen LogP contribution < -0.4 is 16.0 Å². The Hall–Kier alpha value is -2.96. The number of carbonyl (C=O) groups is 2. The van der Waals surface area contributed by atoms with Crippen LogP contribution in [-0.4, -0.2) is 34.4 Å². The minimum absolute atomic E-state index is 0.0177. The maximum atomic E-state index is 12.4. The van der Waals surface area contributed by atoms with Crippen LogP contribution in [0.15, 0.2) is 24.3 Å². The number of aryl methyl sites for hydroxylation is 3. The van der Waals surface area contributed by atoms with E-state index in [0.717, 1.165) is 16.8 Å². The van der Waals surface area contributed by atoms with Gasteiger partial charge in [0.1, 0.15) is 0 Å². The summed E-state index contributed by atoms with van der Waals surface area (Å²) in [7, 11) is 0. The number of aromatic nitrogens is 2. The summed E-state index contributed by atoms with van der Waals surface area (Å²) in [5.41, 5.74) is 9.76. The molecule has 0 aliphatic carbocycles. The molecule has 0 saturated carbocycles. The van der Waals surface area contributed by atoms with Gasteiger partial charge in [-0.05, 0) is 38.5 Å². The van der Waals surface area contributed by atoms with Crippen LogP contribution in [0, 0.1) is 20.8 Å². The Bertz CT molecular complexity index is 842. The van der Waals surface area contributed by atoms with Crippen LogP contribution in [0.5, 0.6) is 0 Å². The van der Waals surface area contributed by atoms with E-state index in [-0.39, 0.29) is 30.2 Å². The number of hydrogen-bond donors (Lipinski definition) is 2. The number of hydrogen-bond acceptors (Lipinski definition) is 5. The number of carbonyl (C=O) groups excluding carboxylic acids is 2. The molecule has 0 radical (unpaired) electrons. The summed E-state index contributed by atoms with van der Waals surface area (Å²) >= 11 is 0. The molecule has 1 aromatic heterocycles. The van der Waals surface area contributed by atoms with Crippen LogP contribution in [0.2, 0.25) is 0 Å². The van der Waals surface area contributed by atoms with E-state index in [9.17, 15) is 9.59 Å². The predicted molar refractivity (Wildman–Crippen MR) is 99.7 cm³/mol. The molecule has 26 heavy (non-hydrogen) atoms. The van der Waals surface area contributed by atoms with E-state index < -0.39 is 0 Å². The van der Waals surface area contributed by atoms with Gasteiger partial charge in [-0.25, -0.2) is 9.97 Å². The first kappa shape index (κ1) is 17.8. The van der Waals surface area contributed by atoms with Gasteiger partial charge in [0.15, 0.2) is 0 Å². The van der Waals surface area contributed by atoms with Crippen LogP contribution in [0.4, 0.5) is 11.6 Å². The van der Waals surface area contributed by atoms with Crippen molar-refractivity contribution in [2.75, 3.05) is 17.2 Å². The third kappa shape index (κ3) is 3.82. The number of nitrogens with one attached hydrogen (secondary N) is 1. The Morgan fingerprint density at radius 2 is 1.96 bits per heavy atom. The molecular formula is C19H23N5O2. The maximum absolute atomic E-state index is 12.4. The van der Waals surface area contributed by atoms with Crippen molar-refractivity contribution in [1.82, 2.24) is 15.3 Å². The summed E-state index contributed by atoms with van der Waals surface area (Å²) in [6.07, 6.45) is 0.475. The number of nitrogen functional groups attached to an aromatic ring is 1. The van der Waals surface area contributed by atoms with Crippen LogP contribution in [0.3, 0.4) is 0 Å². The highest BCUT2D eigenvalue weighted by Crippen LogP contribution is 2.22. The van der Waals surface area contributed by atoms with Gasteiger partial charge in [0.05, 0.1) is 12.5 Å². The largest absolute Gasteiger partial charge is 0.368 e. The first-order chi connectivity index (χ1) is 12.3. The second-order valence-corrected chi connectivity index (χ2v) is 6.72. The topological polar surface area (TPSA) is 101 Å². The van der Waals surface area contributed by atoms with E-state index in [1.807, 2.05) is 45.0 Å². The average Bonchev–Trinajstić information content (AvgIpc) is 2.91. The van der Waals surface area contributed by atoms with Gasteiger partial charge in [0.25, 0.3) is 0 Å². The lowest BCUT2D eigenvalue weighted by Crippen LogP contribution is -2.38. The molecule has 0 bridgehead atoms. The molecule has 1 unspecified atom stereocenters. The van der Waals surface area contributed by atoms with Crippen LogP contribution in [0.25, 0.3) is 0 Å². The maximum Gasteiger partial charge on any atom is 0.229 e. The van der Waals surface area contributed by atoms with Gasteiger partial charge in [-0.2, -0.15) is 0 Å². The highest BCUT2D eigenvalue weighted by Gasteiger charge is 2.31. The summed E-state index contributed by atoms with van der Waals surface area (Å²) in [6.45, 7) is 6.09. The van der Waals surface area contributed by atoms with Gasteiger partial charge in [-0.3, -0.25) is 9.59 Å². The third-order valence-electron chi connectivity index (χ3n) is 4.58. The van der Waals surface area contributed by atoms with E-state index in [1.54, 1.807) is 4.90 Å². The summed E-state index contributed by atoms with van der Waals surface area (Å²) in [6, 6.07) is 7.60. The number of nitrogens with zero attached hydrogens (tertiary/aromatic N) is 3. The molecule has 136 valence electrons. The minimum atomic E-state index is -0.203. The first-order valence-electron chi connectivity index (χ1n) is 8.59. The van der Waals surface area contributed by atoms with E-state index in [2.05, 4.69) is 15.3 Å². The molecular weight excluding hydrogens is 330 g/mol.